The fourth-order valence-corrected chi connectivity index (χ4v) is 2.88. The van der Waals surface area contributed by atoms with Gasteiger partial charge in [-0.05, 0) is 30.2 Å². The van der Waals surface area contributed by atoms with E-state index in [1.54, 1.807) is 20.8 Å². The number of ether oxygens (including phenoxy) is 2. The van der Waals surface area contributed by atoms with Gasteiger partial charge >= 0.3 is 5.97 Å². The van der Waals surface area contributed by atoms with Gasteiger partial charge < -0.3 is 14.6 Å². The molecule has 0 spiro atoms. The molecule has 1 amide bonds. The predicted octanol–water partition coefficient (Wildman–Crippen LogP) is 2.49. The lowest BCUT2D eigenvalue weighted by Gasteiger charge is -2.42. The number of carbonyl (C=O) groups excluding carboxylic acids is 1. The molecule has 1 N–H and O–H groups in total. The van der Waals surface area contributed by atoms with Crippen molar-refractivity contribution in [1.82, 2.24) is 4.90 Å². The Morgan fingerprint density at radius 3 is 2.21 bits per heavy atom. The number of amides is 1. The number of halogens is 1. The molecule has 1 fully saturated rings. The zero-order chi connectivity index (χ0) is 17.9. The Balaban J connectivity index is 2.51. The molecular weight excluding hydrogens is 317 g/mol. The first-order chi connectivity index (χ1) is 11.3. The topological polar surface area (TPSA) is 76.1 Å². The van der Waals surface area contributed by atoms with E-state index in [0.29, 0.717) is 0 Å². The number of aliphatic carboxylic acids is 1. The van der Waals surface area contributed by atoms with Gasteiger partial charge in [-0.25, -0.2) is 9.18 Å². The second kappa shape index (κ2) is 7.27. The Morgan fingerprint density at radius 2 is 1.79 bits per heavy atom. The van der Waals surface area contributed by atoms with Gasteiger partial charge in [0.1, 0.15) is 11.9 Å². The van der Waals surface area contributed by atoms with Crippen molar-refractivity contribution in [2.24, 2.45) is 5.92 Å². The van der Waals surface area contributed by atoms with E-state index in [4.69, 9.17) is 9.47 Å². The molecule has 132 valence electrons. The number of carboxylic acid groups (broad SMARTS) is 1. The molecule has 0 aliphatic carbocycles. The number of carboxylic acids is 1. The van der Waals surface area contributed by atoms with Crippen LogP contribution in [0.2, 0.25) is 0 Å². The fraction of sp³-hybridized carbons (Fsp3) is 0.529. The molecule has 1 aliphatic rings. The third kappa shape index (κ3) is 3.42. The van der Waals surface area contributed by atoms with Gasteiger partial charge in [-0.3, -0.25) is 9.69 Å². The van der Waals surface area contributed by atoms with E-state index in [2.05, 4.69) is 0 Å². The zero-order valence-electron chi connectivity index (χ0n) is 14.0. The number of carbonyl (C=O) groups is 2. The minimum Gasteiger partial charge on any atom is -0.480 e. The van der Waals surface area contributed by atoms with E-state index in [1.165, 1.54) is 12.1 Å². The molecular formula is C17H22FNO5. The largest absolute Gasteiger partial charge is 0.480 e. The Kier molecular flexibility index (Phi) is 5.56. The quantitative estimate of drug-likeness (QED) is 0.862. The van der Waals surface area contributed by atoms with Crippen molar-refractivity contribution in [3.05, 3.63) is 35.6 Å². The lowest BCUT2D eigenvalue weighted by atomic mass is 9.99. The fourth-order valence-electron chi connectivity index (χ4n) is 2.88. The van der Waals surface area contributed by atoms with E-state index >= 15 is 0 Å². The van der Waals surface area contributed by atoms with E-state index in [9.17, 15) is 19.1 Å². The van der Waals surface area contributed by atoms with E-state index in [0.717, 1.165) is 17.0 Å². The number of rotatable bonds is 6. The predicted molar refractivity (Wildman–Crippen MR) is 83.8 cm³/mol. The second-order valence-electron chi connectivity index (χ2n) is 5.97. The highest BCUT2D eigenvalue weighted by atomic mass is 19.1. The maximum atomic E-state index is 13.1. The smallest absolute Gasteiger partial charge is 0.326 e. The molecule has 1 heterocycles. The van der Waals surface area contributed by atoms with Gasteiger partial charge in [0.25, 0.3) is 11.8 Å². The van der Waals surface area contributed by atoms with Crippen LogP contribution in [0.4, 0.5) is 4.39 Å². The van der Waals surface area contributed by atoms with Crippen molar-refractivity contribution in [3.8, 4) is 0 Å². The van der Waals surface area contributed by atoms with Gasteiger partial charge in [0.05, 0.1) is 13.2 Å². The molecule has 0 aromatic heterocycles. The Labute approximate surface area is 140 Å². The van der Waals surface area contributed by atoms with Crippen LogP contribution in [-0.2, 0) is 14.3 Å². The highest BCUT2D eigenvalue weighted by Gasteiger charge is 2.50. The lowest BCUT2D eigenvalue weighted by Crippen LogP contribution is -2.61. The standard InChI is InChI=1S/C17H22FNO5/c1-4-17(23-9-10-24-17)19(14(11(2)3)16(21)22)15(20)12-5-7-13(18)8-6-12/h5-8,11,14H,4,9-10H2,1-3H3,(H,21,22)/t14-/m0/s1. The van der Waals surface area contributed by atoms with Crippen LogP contribution in [0.5, 0.6) is 0 Å². The Hall–Kier alpha value is -1.99. The Bertz CT molecular complexity index is 596. The summed E-state index contributed by atoms with van der Waals surface area (Å²) in [6.07, 6.45) is 0.274. The third-order valence-corrected chi connectivity index (χ3v) is 4.02. The molecule has 24 heavy (non-hydrogen) atoms. The molecule has 1 aromatic carbocycles. The van der Waals surface area contributed by atoms with E-state index in [-0.39, 0.29) is 31.1 Å². The summed E-state index contributed by atoms with van der Waals surface area (Å²) in [5.74, 6) is -4.00. The maximum absolute atomic E-state index is 13.1. The van der Waals surface area contributed by atoms with Crippen molar-refractivity contribution in [3.63, 3.8) is 0 Å². The van der Waals surface area contributed by atoms with Crippen LogP contribution < -0.4 is 0 Å². The van der Waals surface area contributed by atoms with Crippen molar-refractivity contribution in [1.29, 1.82) is 0 Å². The van der Waals surface area contributed by atoms with Crippen molar-refractivity contribution >= 4 is 11.9 Å². The van der Waals surface area contributed by atoms with Gasteiger partial charge in [-0.2, -0.15) is 0 Å². The molecule has 6 nitrogen and oxygen atoms in total. The van der Waals surface area contributed by atoms with E-state index < -0.39 is 29.6 Å². The second-order valence-corrected chi connectivity index (χ2v) is 5.97. The van der Waals surface area contributed by atoms with Crippen LogP contribution in [0.3, 0.4) is 0 Å². The molecule has 0 bridgehead atoms. The van der Waals surface area contributed by atoms with Gasteiger partial charge in [0.15, 0.2) is 0 Å². The summed E-state index contributed by atoms with van der Waals surface area (Å²) in [5, 5.41) is 9.66. The Morgan fingerprint density at radius 1 is 1.25 bits per heavy atom. The first-order valence-corrected chi connectivity index (χ1v) is 7.92. The normalized spacial score (nSPS) is 17.7. The van der Waals surface area contributed by atoms with Crippen LogP contribution in [-0.4, -0.2) is 47.0 Å². The SMILES string of the molecule is CCC1(N(C(=O)c2ccc(F)cc2)[C@H](C(=O)O)C(C)C)OCCO1. The van der Waals surface area contributed by atoms with Crippen LogP contribution in [0, 0.1) is 11.7 Å². The maximum Gasteiger partial charge on any atom is 0.326 e. The molecule has 0 unspecified atom stereocenters. The zero-order valence-corrected chi connectivity index (χ0v) is 14.0. The molecule has 2 rings (SSSR count). The number of hydrogen-bond donors (Lipinski definition) is 1. The summed E-state index contributed by atoms with van der Waals surface area (Å²) in [6.45, 7) is 5.72. The first kappa shape index (κ1) is 18.4. The van der Waals surface area contributed by atoms with Gasteiger partial charge in [0.2, 0.25) is 0 Å². The third-order valence-electron chi connectivity index (χ3n) is 4.02. The average Bonchev–Trinajstić information content (AvgIpc) is 3.01. The average molecular weight is 339 g/mol. The molecule has 1 saturated heterocycles. The number of hydrogen-bond acceptors (Lipinski definition) is 4. The highest BCUT2D eigenvalue weighted by Crippen LogP contribution is 2.33. The molecule has 0 saturated carbocycles. The molecule has 1 aromatic rings. The summed E-state index contributed by atoms with van der Waals surface area (Å²) in [6, 6.07) is 3.82. The summed E-state index contributed by atoms with van der Waals surface area (Å²) < 4.78 is 24.4. The van der Waals surface area contributed by atoms with Crippen LogP contribution in [0.15, 0.2) is 24.3 Å². The summed E-state index contributed by atoms with van der Waals surface area (Å²) in [7, 11) is 0. The molecule has 1 aliphatic heterocycles. The summed E-state index contributed by atoms with van der Waals surface area (Å²) in [5.41, 5.74) is 0.176. The number of nitrogens with zero attached hydrogens (tertiary/aromatic N) is 1. The summed E-state index contributed by atoms with van der Waals surface area (Å²) in [4.78, 5) is 26.0. The molecule has 1 atom stereocenters. The lowest BCUT2D eigenvalue weighted by molar-refractivity contribution is -0.255. The highest BCUT2D eigenvalue weighted by molar-refractivity contribution is 5.97. The van der Waals surface area contributed by atoms with Crippen LogP contribution in [0.25, 0.3) is 0 Å². The van der Waals surface area contributed by atoms with Crippen LogP contribution >= 0.6 is 0 Å². The minimum atomic E-state index is -1.43. The van der Waals surface area contributed by atoms with Crippen molar-refractivity contribution in [2.45, 2.75) is 39.1 Å². The van der Waals surface area contributed by atoms with Gasteiger partial charge in [-0.15, -0.1) is 0 Å². The first-order valence-electron chi connectivity index (χ1n) is 7.92. The van der Waals surface area contributed by atoms with Crippen LogP contribution in [0.1, 0.15) is 37.6 Å². The monoisotopic (exact) mass is 339 g/mol. The summed E-state index contributed by atoms with van der Waals surface area (Å²) >= 11 is 0. The minimum absolute atomic E-state index is 0.176. The van der Waals surface area contributed by atoms with Crippen molar-refractivity contribution < 1.29 is 28.6 Å². The number of benzene rings is 1. The molecule has 0 radical (unpaired) electrons. The van der Waals surface area contributed by atoms with Gasteiger partial charge in [0, 0.05) is 12.0 Å². The van der Waals surface area contributed by atoms with Gasteiger partial charge in [-0.1, -0.05) is 20.8 Å². The van der Waals surface area contributed by atoms with E-state index in [1.807, 2.05) is 0 Å². The molecule has 7 heteroatoms. The van der Waals surface area contributed by atoms with Crippen molar-refractivity contribution in [2.75, 3.05) is 13.2 Å².